The number of amides is 4. The normalized spacial score (nSPS) is 25.4. The molecule has 1 saturated heterocycles. The molecule has 1 heterocycles. The van der Waals surface area contributed by atoms with Gasteiger partial charge in [0.1, 0.15) is 11.4 Å². The SMILES string of the molecule is CC[C@]1(C)NC(=O)N(NC(=O)CCl)C1=O. The van der Waals surface area contributed by atoms with E-state index in [0.29, 0.717) is 11.4 Å². The van der Waals surface area contributed by atoms with Crippen LogP contribution in [0.5, 0.6) is 0 Å². The van der Waals surface area contributed by atoms with Crippen LogP contribution in [0.2, 0.25) is 0 Å². The quantitative estimate of drug-likeness (QED) is 0.531. The van der Waals surface area contributed by atoms with Crippen LogP contribution in [-0.2, 0) is 9.59 Å². The summed E-state index contributed by atoms with van der Waals surface area (Å²) in [7, 11) is 0. The lowest BCUT2D eigenvalue weighted by atomic mass is 10.00. The van der Waals surface area contributed by atoms with Gasteiger partial charge in [0, 0.05) is 0 Å². The summed E-state index contributed by atoms with van der Waals surface area (Å²) in [6, 6.07) is -0.636. The minimum absolute atomic E-state index is 0.306. The first-order valence-corrected chi connectivity index (χ1v) is 5.00. The Labute approximate surface area is 91.9 Å². The van der Waals surface area contributed by atoms with Crippen LogP contribution >= 0.6 is 11.6 Å². The van der Waals surface area contributed by atoms with Gasteiger partial charge in [-0.3, -0.25) is 15.0 Å². The van der Waals surface area contributed by atoms with Gasteiger partial charge in [0.15, 0.2) is 0 Å². The maximum atomic E-state index is 11.7. The molecule has 7 heteroatoms. The Morgan fingerprint density at radius 3 is 2.60 bits per heavy atom. The fourth-order valence-electron chi connectivity index (χ4n) is 1.18. The topological polar surface area (TPSA) is 78.5 Å². The van der Waals surface area contributed by atoms with Gasteiger partial charge < -0.3 is 5.32 Å². The largest absolute Gasteiger partial charge is 0.344 e. The molecule has 15 heavy (non-hydrogen) atoms. The Balaban J connectivity index is 2.80. The summed E-state index contributed by atoms with van der Waals surface area (Å²) in [5.74, 6) is -1.38. The molecule has 1 rings (SSSR count). The number of hydrazine groups is 1. The van der Waals surface area contributed by atoms with Crippen molar-refractivity contribution in [1.82, 2.24) is 15.8 Å². The minimum atomic E-state index is -0.948. The second kappa shape index (κ2) is 4.06. The van der Waals surface area contributed by atoms with E-state index in [1.807, 2.05) is 0 Å². The number of urea groups is 1. The van der Waals surface area contributed by atoms with Crippen LogP contribution < -0.4 is 10.7 Å². The fraction of sp³-hybridized carbons (Fsp3) is 0.625. The third kappa shape index (κ3) is 2.04. The molecule has 0 spiro atoms. The third-order valence-electron chi connectivity index (χ3n) is 2.33. The van der Waals surface area contributed by atoms with E-state index in [1.54, 1.807) is 13.8 Å². The molecule has 0 aromatic rings. The molecule has 1 aliphatic heterocycles. The van der Waals surface area contributed by atoms with Crippen LogP contribution in [0, 0.1) is 0 Å². The summed E-state index contributed by atoms with van der Waals surface area (Å²) in [4.78, 5) is 34.0. The van der Waals surface area contributed by atoms with E-state index in [4.69, 9.17) is 11.6 Å². The average molecular weight is 234 g/mol. The van der Waals surface area contributed by atoms with E-state index in [-0.39, 0.29) is 5.88 Å². The highest BCUT2D eigenvalue weighted by Crippen LogP contribution is 2.18. The standard InChI is InChI=1S/C8H12ClN3O3/c1-3-8(2)6(14)12(7(15)10-8)11-5(13)4-9/h3-4H2,1-2H3,(H,10,15)(H,11,13)/t8-/m0/s1. The summed E-state index contributed by atoms with van der Waals surface area (Å²) >= 11 is 5.25. The Morgan fingerprint density at radius 2 is 2.20 bits per heavy atom. The number of imide groups is 1. The molecule has 0 aromatic heterocycles. The number of hydrogen-bond acceptors (Lipinski definition) is 3. The molecule has 0 saturated carbocycles. The Kier molecular flexibility index (Phi) is 3.18. The molecule has 0 radical (unpaired) electrons. The van der Waals surface area contributed by atoms with Crippen molar-refractivity contribution in [3.8, 4) is 0 Å². The van der Waals surface area contributed by atoms with E-state index in [9.17, 15) is 14.4 Å². The number of halogens is 1. The van der Waals surface area contributed by atoms with Crippen LogP contribution in [0.25, 0.3) is 0 Å². The molecule has 1 fully saturated rings. The first-order valence-electron chi connectivity index (χ1n) is 4.46. The molecule has 0 bridgehead atoms. The first-order chi connectivity index (χ1) is 6.94. The first kappa shape index (κ1) is 11.8. The number of rotatable bonds is 3. The van der Waals surface area contributed by atoms with E-state index >= 15 is 0 Å². The van der Waals surface area contributed by atoms with Gasteiger partial charge >= 0.3 is 6.03 Å². The van der Waals surface area contributed by atoms with Crippen molar-refractivity contribution in [2.24, 2.45) is 0 Å². The molecule has 1 aliphatic rings. The molecule has 84 valence electrons. The summed E-state index contributed by atoms with van der Waals surface area (Å²) in [6.07, 6.45) is 0.449. The smallest absolute Gasteiger partial charge is 0.322 e. The van der Waals surface area contributed by atoms with Crippen LogP contribution in [-0.4, -0.2) is 34.3 Å². The van der Waals surface area contributed by atoms with Crippen LogP contribution in [0.3, 0.4) is 0 Å². The highest BCUT2D eigenvalue weighted by molar-refractivity contribution is 6.27. The Hall–Kier alpha value is -1.30. The van der Waals surface area contributed by atoms with Crippen molar-refractivity contribution < 1.29 is 14.4 Å². The monoisotopic (exact) mass is 233 g/mol. The molecule has 1 atom stereocenters. The van der Waals surface area contributed by atoms with Crippen molar-refractivity contribution in [3.05, 3.63) is 0 Å². The zero-order valence-corrected chi connectivity index (χ0v) is 9.22. The van der Waals surface area contributed by atoms with Crippen molar-refractivity contribution >= 4 is 29.4 Å². The maximum absolute atomic E-state index is 11.7. The second-order valence-electron chi connectivity index (χ2n) is 3.42. The van der Waals surface area contributed by atoms with Crippen molar-refractivity contribution in [1.29, 1.82) is 0 Å². The van der Waals surface area contributed by atoms with E-state index in [0.717, 1.165) is 0 Å². The van der Waals surface area contributed by atoms with Gasteiger partial charge in [0.25, 0.3) is 11.8 Å². The number of carbonyl (C=O) groups excluding carboxylic acids is 3. The number of carbonyl (C=O) groups is 3. The average Bonchev–Trinajstić information content (AvgIpc) is 2.42. The number of hydrogen-bond donors (Lipinski definition) is 2. The highest BCUT2D eigenvalue weighted by atomic mass is 35.5. The van der Waals surface area contributed by atoms with Gasteiger partial charge in [0.2, 0.25) is 0 Å². The van der Waals surface area contributed by atoms with Gasteiger partial charge in [-0.15, -0.1) is 11.6 Å². The predicted molar refractivity (Wildman–Crippen MR) is 52.9 cm³/mol. The van der Waals surface area contributed by atoms with E-state index in [2.05, 4.69) is 10.7 Å². The fourth-order valence-corrected chi connectivity index (χ4v) is 1.24. The minimum Gasteiger partial charge on any atom is -0.322 e. The Bertz CT molecular complexity index is 320. The second-order valence-corrected chi connectivity index (χ2v) is 3.69. The van der Waals surface area contributed by atoms with Crippen LogP contribution in [0.4, 0.5) is 4.79 Å². The highest BCUT2D eigenvalue weighted by Gasteiger charge is 2.47. The van der Waals surface area contributed by atoms with E-state index < -0.39 is 23.4 Å². The van der Waals surface area contributed by atoms with Crippen molar-refractivity contribution in [3.63, 3.8) is 0 Å². The molecule has 2 N–H and O–H groups in total. The molecule has 0 aliphatic carbocycles. The number of alkyl halides is 1. The van der Waals surface area contributed by atoms with E-state index in [1.165, 1.54) is 0 Å². The summed E-state index contributed by atoms with van der Waals surface area (Å²) in [5.41, 5.74) is 1.17. The van der Waals surface area contributed by atoms with Gasteiger partial charge in [0.05, 0.1) is 0 Å². The predicted octanol–water partition coefficient (Wildman–Crippen LogP) is -0.0231. The molecule has 6 nitrogen and oxygen atoms in total. The van der Waals surface area contributed by atoms with Crippen LogP contribution in [0.1, 0.15) is 20.3 Å². The Morgan fingerprint density at radius 1 is 1.60 bits per heavy atom. The lowest BCUT2D eigenvalue weighted by Crippen LogP contribution is -2.48. The summed E-state index contributed by atoms with van der Waals surface area (Å²) < 4.78 is 0. The van der Waals surface area contributed by atoms with Crippen LogP contribution in [0.15, 0.2) is 0 Å². The lowest BCUT2D eigenvalue weighted by Gasteiger charge is -2.18. The van der Waals surface area contributed by atoms with Gasteiger partial charge in [-0.2, -0.15) is 5.01 Å². The molecule has 0 unspecified atom stereocenters. The molecule has 4 amide bonds. The summed E-state index contributed by atoms with van der Waals surface area (Å²) in [5, 5.41) is 3.15. The maximum Gasteiger partial charge on any atom is 0.344 e. The van der Waals surface area contributed by atoms with Crippen molar-refractivity contribution in [2.45, 2.75) is 25.8 Å². The molecule has 0 aromatic carbocycles. The van der Waals surface area contributed by atoms with Gasteiger partial charge in [-0.05, 0) is 13.3 Å². The zero-order valence-electron chi connectivity index (χ0n) is 8.46. The lowest BCUT2D eigenvalue weighted by molar-refractivity contribution is -0.137. The summed E-state index contributed by atoms with van der Waals surface area (Å²) in [6.45, 7) is 3.37. The van der Waals surface area contributed by atoms with Gasteiger partial charge in [-0.25, -0.2) is 4.79 Å². The van der Waals surface area contributed by atoms with Gasteiger partial charge in [-0.1, -0.05) is 6.92 Å². The number of nitrogens with zero attached hydrogens (tertiary/aromatic N) is 1. The zero-order chi connectivity index (χ0) is 11.6. The molecular weight excluding hydrogens is 222 g/mol. The number of nitrogens with one attached hydrogen (secondary N) is 2. The van der Waals surface area contributed by atoms with Crippen molar-refractivity contribution in [2.75, 3.05) is 5.88 Å². The third-order valence-corrected chi connectivity index (χ3v) is 2.57. The molecular formula is C8H12ClN3O3.